The maximum atomic E-state index is 13.0. The Hall–Kier alpha value is -2.47. The minimum atomic E-state index is -0.627. The van der Waals surface area contributed by atoms with Crippen LogP contribution in [0.2, 0.25) is 5.02 Å². The number of rotatable bonds is 5. The Balaban J connectivity index is 1.79. The Morgan fingerprint density at radius 3 is 2.74 bits per heavy atom. The van der Waals surface area contributed by atoms with E-state index in [9.17, 15) is 14.0 Å². The first-order chi connectivity index (χ1) is 11.0. The predicted octanol–water partition coefficient (Wildman–Crippen LogP) is 2.66. The summed E-state index contributed by atoms with van der Waals surface area (Å²) in [6.07, 6.45) is 1.39. The highest BCUT2D eigenvalue weighted by molar-refractivity contribution is 6.30. The SMILES string of the molecule is Cc1ccc(C(=O)OCC(=O)NCc2ccc(F)c(Cl)c2)cn1. The topological polar surface area (TPSA) is 68.3 Å². The van der Waals surface area contributed by atoms with E-state index in [0.717, 1.165) is 5.69 Å². The van der Waals surface area contributed by atoms with Gasteiger partial charge >= 0.3 is 5.97 Å². The van der Waals surface area contributed by atoms with Crippen LogP contribution in [-0.4, -0.2) is 23.5 Å². The number of carbonyl (C=O) groups excluding carboxylic acids is 2. The Kier molecular flexibility index (Phi) is 5.65. The number of aryl methyl sites for hydroxylation is 1. The lowest BCUT2D eigenvalue weighted by molar-refractivity contribution is -0.124. The Morgan fingerprint density at radius 2 is 2.09 bits per heavy atom. The number of ether oxygens (including phenoxy) is 1. The van der Waals surface area contributed by atoms with Gasteiger partial charge in [0.25, 0.3) is 5.91 Å². The van der Waals surface area contributed by atoms with Crippen molar-refractivity contribution in [2.45, 2.75) is 13.5 Å². The molecule has 0 aliphatic carbocycles. The molecule has 0 saturated heterocycles. The van der Waals surface area contributed by atoms with Crippen molar-refractivity contribution >= 4 is 23.5 Å². The average Bonchev–Trinajstić information content (AvgIpc) is 2.54. The fourth-order valence-electron chi connectivity index (χ4n) is 1.70. The molecule has 1 aromatic heterocycles. The van der Waals surface area contributed by atoms with Gasteiger partial charge in [-0.15, -0.1) is 0 Å². The molecule has 7 heteroatoms. The van der Waals surface area contributed by atoms with Crippen LogP contribution in [0.5, 0.6) is 0 Å². The van der Waals surface area contributed by atoms with Gasteiger partial charge in [0, 0.05) is 18.4 Å². The number of hydrogen-bond donors (Lipinski definition) is 1. The monoisotopic (exact) mass is 336 g/mol. The summed E-state index contributed by atoms with van der Waals surface area (Å²) in [6.45, 7) is 1.54. The second kappa shape index (κ2) is 7.69. The van der Waals surface area contributed by atoms with Crippen LogP contribution in [0.25, 0.3) is 0 Å². The van der Waals surface area contributed by atoms with Crippen LogP contribution in [0.15, 0.2) is 36.5 Å². The lowest BCUT2D eigenvalue weighted by Crippen LogP contribution is -2.28. The average molecular weight is 337 g/mol. The van der Waals surface area contributed by atoms with Crippen molar-refractivity contribution in [1.82, 2.24) is 10.3 Å². The van der Waals surface area contributed by atoms with E-state index in [1.54, 1.807) is 19.1 Å². The van der Waals surface area contributed by atoms with Crippen LogP contribution in [0, 0.1) is 12.7 Å². The zero-order valence-corrected chi connectivity index (χ0v) is 13.1. The first kappa shape index (κ1) is 16.9. The van der Waals surface area contributed by atoms with Gasteiger partial charge in [0.05, 0.1) is 10.6 Å². The fourth-order valence-corrected chi connectivity index (χ4v) is 1.91. The number of pyridine rings is 1. The maximum Gasteiger partial charge on any atom is 0.340 e. The molecule has 23 heavy (non-hydrogen) atoms. The molecule has 2 aromatic rings. The number of benzene rings is 1. The third kappa shape index (κ3) is 5.03. The third-order valence-electron chi connectivity index (χ3n) is 2.96. The van der Waals surface area contributed by atoms with Crippen molar-refractivity contribution in [3.63, 3.8) is 0 Å². The molecule has 0 fully saturated rings. The number of hydrogen-bond acceptors (Lipinski definition) is 4. The summed E-state index contributed by atoms with van der Waals surface area (Å²) in [4.78, 5) is 27.3. The van der Waals surface area contributed by atoms with E-state index in [1.165, 1.54) is 24.4 Å². The third-order valence-corrected chi connectivity index (χ3v) is 3.24. The molecule has 120 valence electrons. The van der Waals surface area contributed by atoms with Gasteiger partial charge in [0.15, 0.2) is 6.61 Å². The highest BCUT2D eigenvalue weighted by Crippen LogP contribution is 2.15. The van der Waals surface area contributed by atoms with Crippen molar-refractivity contribution in [3.8, 4) is 0 Å². The van der Waals surface area contributed by atoms with Crippen LogP contribution in [0.3, 0.4) is 0 Å². The van der Waals surface area contributed by atoms with E-state index in [2.05, 4.69) is 10.3 Å². The minimum absolute atomic E-state index is 0.0185. The molecule has 0 unspecified atom stereocenters. The summed E-state index contributed by atoms with van der Waals surface area (Å²) in [5.41, 5.74) is 1.68. The molecule has 0 bridgehead atoms. The van der Waals surface area contributed by atoms with Crippen LogP contribution < -0.4 is 5.32 Å². The summed E-state index contributed by atoms with van der Waals surface area (Å²) in [5, 5.41) is 2.53. The molecule has 0 aliphatic heterocycles. The number of amides is 1. The molecule has 5 nitrogen and oxygen atoms in total. The van der Waals surface area contributed by atoms with Gasteiger partial charge in [0.2, 0.25) is 0 Å². The molecule has 2 rings (SSSR count). The zero-order chi connectivity index (χ0) is 16.8. The van der Waals surface area contributed by atoms with Crippen molar-refractivity contribution in [3.05, 3.63) is 64.2 Å². The maximum absolute atomic E-state index is 13.0. The van der Waals surface area contributed by atoms with Crippen LogP contribution in [0.1, 0.15) is 21.6 Å². The number of halogens is 2. The normalized spacial score (nSPS) is 10.2. The molecule has 0 atom stereocenters. The highest BCUT2D eigenvalue weighted by Gasteiger charge is 2.10. The van der Waals surface area contributed by atoms with E-state index >= 15 is 0 Å². The largest absolute Gasteiger partial charge is 0.452 e. The van der Waals surface area contributed by atoms with Crippen LogP contribution in [-0.2, 0) is 16.1 Å². The Labute approximate surface area is 137 Å². The molecule has 1 N–H and O–H groups in total. The first-order valence-corrected chi connectivity index (χ1v) is 7.14. The summed E-state index contributed by atoms with van der Waals surface area (Å²) in [7, 11) is 0. The summed E-state index contributed by atoms with van der Waals surface area (Å²) >= 11 is 5.65. The van der Waals surface area contributed by atoms with Gasteiger partial charge in [-0.25, -0.2) is 9.18 Å². The lowest BCUT2D eigenvalue weighted by Gasteiger charge is -2.07. The minimum Gasteiger partial charge on any atom is -0.452 e. The Bertz CT molecular complexity index is 720. The van der Waals surface area contributed by atoms with Crippen molar-refractivity contribution in [1.29, 1.82) is 0 Å². The van der Waals surface area contributed by atoms with E-state index in [1.807, 2.05) is 0 Å². The fraction of sp³-hybridized carbons (Fsp3) is 0.188. The first-order valence-electron chi connectivity index (χ1n) is 6.76. The molecule has 1 heterocycles. The number of aromatic nitrogens is 1. The van der Waals surface area contributed by atoms with Crippen LogP contribution in [0.4, 0.5) is 4.39 Å². The van der Waals surface area contributed by atoms with E-state index < -0.39 is 24.3 Å². The molecule has 0 aliphatic rings. The standard InChI is InChI=1S/C16H14ClFN2O3/c1-10-2-4-12(8-19-10)16(22)23-9-15(21)20-7-11-3-5-14(18)13(17)6-11/h2-6,8H,7,9H2,1H3,(H,20,21). The summed E-state index contributed by atoms with van der Waals surface area (Å²) in [5.74, 6) is -1.63. The van der Waals surface area contributed by atoms with Crippen molar-refractivity contribution in [2.75, 3.05) is 6.61 Å². The number of esters is 1. The summed E-state index contributed by atoms with van der Waals surface area (Å²) in [6, 6.07) is 7.39. The van der Waals surface area contributed by atoms with E-state index in [4.69, 9.17) is 16.3 Å². The highest BCUT2D eigenvalue weighted by atomic mass is 35.5. The van der Waals surface area contributed by atoms with Gasteiger partial charge in [-0.3, -0.25) is 9.78 Å². The second-order valence-electron chi connectivity index (χ2n) is 4.79. The van der Waals surface area contributed by atoms with Gasteiger partial charge in [0.1, 0.15) is 5.82 Å². The predicted molar refractivity (Wildman–Crippen MR) is 82.5 cm³/mol. The summed E-state index contributed by atoms with van der Waals surface area (Å²) < 4.78 is 17.9. The number of nitrogens with one attached hydrogen (secondary N) is 1. The van der Waals surface area contributed by atoms with Gasteiger partial charge in [-0.1, -0.05) is 17.7 Å². The number of nitrogens with zero attached hydrogens (tertiary/aromatic N) is 1. The Morgan fingerprint density at radius 1 is 1.30 bits per heavy atom. The molecular weight excluding hydrogens is 323 g/mol. The molecule has 0 radical (unpaired) electrons. The van der Waals surface area contributed by atoms with Gasteiger partial charge < -0.3 is 10.1 Å². The molecule has 1 amide bonds. The lowest BCUT2D eigenvalue weighted by atomic mass is 10.2. The van der Waals surface area contributed by atoms with Crippen molar-refractivity contribution < 1.29 is 18.7 Å². The molecule has 0 spiro atoms. The number of carbonyl (C=O) groups is 2. The second-order valence-corrected chi connectivity index (χ2v) is 5.20. The van der Waals surface area contributed by atoms with E-state index in [-0.39, 0.29) is 17.1 Å². The van der Waals surface area contributed by atoms with E-state index in [0.29, 0.717) is 5.56 Å². The van der Waals surface area contributed by atoms with Crippen LogP contribution >= 0.6 is 11.6 Å². The molecule has 1 aromatic carbocycles. The molecular formula is C16H14ClFN2O3. The molecule has 0 saturated carbocycles. The van der Waals surface area contributed by atoms with Gasteiger partial charge in [-0.05, 0) is 36.8 Å². The van der Waals surface area contributed by atoms with Gasteiger partial charge in [-0.2, -0.15) is 0 Å². The smallest absolute Gasteiger partial charge is 0.340 e. The quantitative estimate of drug-likeness (QED) is 0.852. The van der Waals surface area contributed by atoms with Crippen molar-refractivity contribution in [2.24, 2.45) is 0 Å². The zero-order valence-electron chi connectivity index (χ0n) is 12.3.